The summed E-state index contributed by atoms with van der Waals surface area (Å²) in [6, 6.07) is 16.5. The minimum absolute atomic E-state index is 0.160. The molecule has 3 rings (SSSR count). The molecular formula is C19H22FN. The molecule has 110 valence electrons. The summed E-state index contributed by atoms with van der Waals surface area (Å²) in [7, 11) is 0. The summed E-state index contributed by atoms with van der Waals surface area (Å²) >= 11 is 0. The van der Waals surface area contributed by atoms with Crippen LogP contribution in [0, 0.1) is 12.7 Å². The van der Waals surface area contributed by atoms with E-state index in [0.29, 0.717) is 12.0 Å². The monoisotopic (exact) mass is 283 g/mol. The van der Waals surface area contributed by atoms with Crippen molar-refractivity contribution in [1.29, 1.82) is 0 Å². The second kappa shape index (κ2) is 5.98. The van der Waals surface area contributed by atoms with Crippen LogP contribution in [0.2, 0.25) is 0 Å². The molecule has 0 heterocycles. The fourth-order valence-corrected chi connectivity index (χ4v) is 3.09. The van der Waals surface area contributed by atoms with Crippen molar-refractivity contribution in [2.75, 3.05) is 0 Å². The molecule has 2 aromatic carbocycles. The summed E-state index contributed by atoms with van der Waals surface area (Å²) in [5.41, 5.74) is 3.78. The van der Waals surface area contributed by atoms with E-state index in [1.165, 1.54) is 30.0 Å². The van der Waals surface area contributed by atoms with Gasteiger partial charge in [0.1, 0.15) is 5.82 Å². The fourth-order valence-electron chi connectivity index (χ4n) is 3.09. The maximum absolute atomic E-state index is 13.2. The summed E-state index contributed by atoms with van der Waals surface area (Å²) in [6.45, 7) is 4.23. The van der Waals surface area contributed by atoms with Gasteiger partial charge < -0.3 is 5.32 Å². The van der Waals surface area contributed by atoms with Crippen LogP contribution in [0.3, 0.4) is 0 Å². The Morgan fingerprint density at radius 2 is 1.81 bits per heavy atom. The zero-order chi connectivity index (χ0) is 14.8. The van der Waals surface area contributed by atoms with Crippen LogP contribution in [0.15, 0.2) is 48.5 Å². The molecule has 0 spiro atoms. The molecule has 1 N–H and O–H groups in total. The number of halogens is 1. The van der Waals surface area contributed by atoms with Crippen molar-refractivity contribution in [3.63, 3.8) is 0 Å². The molecule has 1 aliphatic rings. The number of rotatable bonds is 4. The molecule has 1 aliphatic carbocycles. The summed E-state index contributed by atoms with van der Waals surface area (Å²) in [5, 5.41) is 3.60. The second-order valence-corrected chi connectivity index (χ2v) is 6.22. The highest BCUT2D eigenvalue weighted by Crippen LogP contribution is 2.37. The highest BCUT2D eigenvalue weighted by Gasteiger charge is 2.31. The van der Waals surface area contributed by atoms with Gasteiger partial charge in [0.25, 0.3) is 0 Å². The number of hydrogen-bond acceptors (Lipinski definition) is 1. The Morgan fingerprint density at radius 3 is 2.48 bits per heavy atom. The molecule has 1 unspecified atom stereocenters. The molecule has 1 atom stereocenters. The van der Waals surface area contributed by atoms with E-state index < -0.39 is 0 Å². The van der Waals surface area contributed by atoms with Crippen LogP contribution in [0.4, 0.5) is 4.39 Å². The Labute approximate surface area is 126 Å². The molecule has 0 aromatic heterocycles. The minimum atomic E-state index is -0.160. The minimum Gasteiger partial charge on any atom is -0.307 e. The zero-order valence-electron chi connectivity index (χ0n) is 12.6. The van der Waals surface area contributed by atoms with Gasteiger partial charge >= 0.3 is 0 Å². The molecule has 2 heteroatoms. The quantitative estimate of drug-likeness (QED) is 0.855. The van der Waals surface area contributed by atoms with Crippen LogP contribution in [0.25, 0.3) is 0 Å². The summed E-state index contributed by atoms with van der Waals surface area (Å²) < 4.78 is 13.2. The van der Waals surface area contributed by atoms with Crippen LogP contribution < -0.4 is 5.32 Å². The summed E-state index contributed by atoms with van der Waals surface area (Å²) in [5.74, 6) is 0.509. The van der Waals surface area contributed by atoms with Crippen molar-refractivity contribution in [2.45, 2.75) is 44.7 Å². The number of nitrogens with one attached hydrogen (secondary N) is 1. The highest BCUT2D eigenvalue weighted by molar-refractivity contribution is 5.27. The predicted molar refractivity (Wildman–Crippen MR) is 84.9 cm³/mol. The van der Waals surface area contributed by atoms with E-state index in [2.05, 4.69) is 43.4 Å². The van der Waals surface area contributed by atoms with Gasteiger partial charge in [-0.3, -0.25) is 0 Å². The molecule has 0 aliphatic heterocycles. The van der Waals surface area contributed by atoms with Crippen LogP contribution in [-0.2, 0) is 0 Å². The lowest BCUT2D eigenvalue weighted by molar-refractivity contribution is 0.270. The average Bonchev–Trinajstić information content (AvgIpc) is 2.43. The molecule has 1 fully saturated rings. The third-order valence-corrected chi connectivity index (χ3v) is 4.52. The van der Waals surface area contributed by atoms with Crippen molar-refractivity contribution in [3.05, 3.63) is 71.0 Å². The van der Waals surface area contributed by atoms with Gasteiger partial charge in [-0.05, 0) is 55.9 Å². The van der Waals surface area contributed by atoms with Gasteiger partial charge in [-0.15, -0.1) is 0 Å². The summed E-state index contributed by atoms with van der Waals surface area (Å²) in [4.78, 5) is 0. The first-order chi connectivity index (χ1) is 10.1. The zero-order valence-corrected chi connectivity index (χ0v) is 12.6. The van der Waals surface area contributed by atoms with Crippen LogP contribution in [0.1, 0.15) is 48.4 Å². The molecule has 1 saturated carbocycles. The van der Waals surface area contributed by atoms with E-state index in [9.17, 15) is 4.39 Å². The Balaban J connectivity index is 1.54. The van der Waals surface area contributed by atoms with Gasteiger partial charge in [-0.2, -0.15) is 0 Å². The van der Waals surface area contributed by atoms with E-state index in [4.69, 9.17) is 0 Å². The Hall–Kier alpha value is -1.67. The van der Waals surface area contributed by atoms with E-state index in [-0.39, 0.29) is 11.9 Å². The largest absolute Gasteiger partial charge is 0.307 e. The first kappa shape index (κ1) is 14.3. The van der Waals surface area contributed by atoms with Gasteiger partial charge in [0.05, 0.1) is 0 Å². The van der Waals surface area contributed by atoms with Crippen LogP contribution in [-0.4, -0.2) is 6.04 Å². The lowest BCUT2D eigenvalue weighted by Crippen LogP contribution is -2.41. The van der Waals surface area contributed by atoms with Gasteiger partial charge in [-0.1, -0.05) is 42.0 Å². The van der Waals surface area contributed by atoms with Crippen LogP contribution in [0.5, 0.6) is 0 Å². The van der Waals surface area contributed by atoms with E-state index >= 15 is 0 Å². The predicted octanol–water partition coefficient (Wildman–Crippen LogP) is 4.73. The third kappa shape index (κ3) is 3.33. The Bertz CT molecular complexity index is 599. The Kier molecular flexibility index (Phi) is 4.07. The molecule has 0 radical (unpaired) electrons. The molecule has 21 heavy (non-hydrogen) atoms. The van der Waals surface area contributed by atoms with Gasteiger partial charge in [0.15, 0.2) is 0 Å². The first-order valence-corrected chi connectivity index (χ1v) is 7.70. The lowest BCUT2D eigenvalue weighted by atomic mass is 9.75. The van der Waals surface area contributed by atoms with Gasteiger partial charge in [0, 0.05) is 12.1 Å². The van der Waals surface area contributed by atoms with Gasteiger partial charge in [-0.25, -0.2) is 4.39 Å². The number of aryl methyl sites for hydroxylation is 1. The molecule has 0 saturated heterocycles. The van der Waals surface area contributed by atoms with Crippen molar-refractivity contribution in [1.82, 2.24) is 5.32 Å². The highest BCUT2D eigenvalue weighted by atomic mass is 19.1. The van der Waals surface area contributed by atoms with Crippen LogP contribution >= 0.6 is 0 Å². The first-order valence-electron chi connectivity index (χ1n) is 7.70. The lowest BCUT2D eigenvalue weighted by Gasteiger charge is -2.38. The maximum Gasteiger partial charge on any atom is 0.123 e. The molecular weight excluding hydrogens is 261 g/mol. The Morgan fingerprint density at radius 1 is 1.10 bits per heavy atom. The van der Waals surface area contributed by atoms with Crippen molar-refractivity contribution in [2.24, 2.45) is 0 Å². The van der Waals surface area contributed by atoms with E-state index in [1.54, 1.807) is 12.1 Å². The number of benzene rings is 2. The standard InChI is InChI=1S/C19H22FN/c1-13-6-8-15(9-7-13)17-11-19(12-17)21-14(2)16-4-3-5-18(20)10-16/h3-10,14,17,19,21H,11-12H2,1-2H3. The smallest absolute Gasteiger partial charge is 0.123 e. The molecule has 0 bridgehead atoms. The number of hydrogen-bond donors (Lipinski definition) is 1. The van der Waals surface area contributed by atoms with Gasteiger partial charge in [0.2, 0.25) is 0 Å². The van der Waals surface area contributed by atoms with Crippen molar-refractivity contribution < 1.29 is 4.39 Å². The topological polar surface area (TPSA) is 12.0 Å². The van der Waals surface area contributed by atoms with Crippen molar-refractivity contribution >= 4 is 0 Å². The SMILES string of the molecule is Cc1ccc(C2CC(NC(C)c3cccc(F)c3)C2)cc1. The van der Waals surface area contributed by atoms with E-state index in [0.717, 1.165) is 5.56 Å². The van der Waals surface area contributed by atoms with Crippen molar-refractivity contribution in [3.8, 4) is 0 Å². The third-order valence-electron chi connectivity index (χ3n) is 4.52. The normalized spacial score (nSPS) is 22.6. The average molecular weight is 283 g/mol. The second-order valence-electron chi connectivity index (χ2n) is 6.22. The maximum atomic E-state index is 13.2. The summed E-state index contributed by atoms with van der Waals surface area (Å²) in [6.07, 6.45) is 2.34. The molecule has 1 nitrogen and oxygen atoms in total. The fraction of sp³-hybridized carbons (Fsp3) is 0.368. The molecule has 2 aromatic rings. The molecule has 0 amide bonds. The van der Waals surface area contributed by atoms with E-state index in [1.807, 2.05) is 6.07 Å².